The standard InChI is InChI=1S/C28H21FN2O4/c1-35-20-13-6-17(7-14-20)26(32)25-24-23(22-15-8-16-4-2-3-5-21(16)31(22)25)27(33)30(28(24)34)19-11-9-18(29)10-12-19/h2-15,22-25H,1H3/t22-,23-,24-,25+/m1/s1. The molecule has 0 unspecified atom stereocenters. The Morgan fingerprint density at radius 2 is 1.57 bits per heavy atom. The number of halogens is 1. The minimum absolute atomic E-state index is 0.239. The molecule has 3 aromatic rings. The van der Waals surface area contributed by atoms with Crippen molar-refractivity contribution in [2.75, 3.05) is 16.9 Å². The lowest BCUT2D eigenvalue weighted by molar-refractivity contribution is -0.122. The van der Waals surface area contributed by atoms with Gasteiger partial charge in [0, 0.05) is 11.3 Å². The number of carbonyl (C=O) groups excluding carboxylic acids is 3. The summed E-state index contributed by atoms with van der Waals surface area (Å²) in [5.41, 5.74) is 2.47. The molecule has 0 aromatic heterocycles. The number of amides is 2. The molecule has 6 nitrogen and oxygen atoms in total. The number of imide groups is 1. The molecule has 3 aromatic carbocycles. The Balaban J connectivity index is 1.47. The Labute approximate surface area is 201 Å². The predicted molar refractivity (Wildman–Crippen MR) is 129 cm³/mol. The highest BCUT2D eigenvalue weighted by Gasteiger charge is 2.64. The zero-order chi connectivity index (χ0) is 24.3. The number of methoxy groups -OCH3 is 1. The SMILES string of the molecule is COc1ccc(C(=O)[C@@H]2[C@@H]3C(=O)N(c4ccc(F)cc4)C(=O)[C@@H]3[C@H]3C=Cc4ccccc4N32)cc1. The highest BCUT2D eigenvalue weighted by molar-refractivity contribution is 6.25. The van der Waals surface area contributed by atoms with E-state index in [-0.39, 0.29) is 11.7 Å². The maximum Gasteiger partial charge on any atom is 0.240 e. The Kier molecular flexibility index (Phi) is 4.81. The second-order valence-corrected chi connectivity index (χ2v) is 8.89. The Morgan fingerprint density at radius 3 is 2.29 bits per heavy atom. The van der Waals surface area contributed by atoms with Crippen molar-refractivity contribution in [1.29, 1.82) is 0 Å². The third kappa shape index (κ3) is 3.11. The highest BCUT2D eigenvalue weighted by atomic mass is 19.1. The van der Waals surface area contributed by atoms with Crippen LogP contribution in [0, 0.1) is 17.7 Å². The van der Waals surface area contributed by atoms with E-state index >= 15 is 0 Å². The Morgan fingerprint density at radius 1 is 0.886 bits per heavy atom. The summed E-state index contributed by atoms with van der Waals surface area (Å²) >= 11 is 0. The molecule has 0 bridgehead atoms. The minimum Gasteiger partial charge on any atom is -0.497 e. The number of para-hydroxylation sites is 1. The van der Waals surface area contributed by atoms with Crippen LogP contribution in [0.15, 0.2) is 78.9 Å². The number of nitrogens with zero attached hydrogens (tertiary/aromatic N) is 2. The number of hydrogen-bond donors (Lipinski definition) is 0. The van der Waals surface area contributed by atoms with E-state index in [2.05, 4.69) is 0 Å². The van der Waals surface area contributed by atoms with Gasteiger partial charge in [0.05, 0.1) is 30.7 Å². The molecule has 2 saturated heterocycles. The number of Topliss-reactive ketones (excluding diaryl/α,β-unsaturated/α-hetero) is 1. The van der Waals surface area contributed by atoms with Crippen LogP contribution in [0.1, 0.15) is 15.9 Å². The molecule has 4 atom stereocenters. The number of ether oxygens (including phenoxy) is 1. The third-order valence-electron chi connectivity index (χ3n) is 7.14. The molecule has 0 aliphatic carbocycles. The first-order chi connectivity index (χ1) is 17.0. The van der Waals surface area contributed by atoms with E-state index in [4.69, 9.17) is 4.74 Å². The minimum atomic E-state index is -0.872. The Bertz CT molecular complexity index is 1380. The third-order valence-corrected chi connectivity index (χ3v) is 7.14. The van der Waals surface area contributed by atoms with Crippen LogP contribution in [0.4, 0.5) is 15.8 Å². The summed E-state index contributed by atoms with van der Waals surface area (Å²) in [6, 6.07) is 18.3. The number of carbonyl (C=O) groups is 3. The number of ketones is 1. The summed E-state index contributed by atoms with van der Waals surface area (Å²) in [6.45, 7) is 0. The molecule has 0 N–H and O–H groups in total. The first-order valence-corrected chi connectivity index (χ1v) is 11.4. The van der Waals surface area contributed by atoms with Crippen LogP contribution in [0.2, 0.25) is 0 Å². The highest BCUT2D eigenvalue weighted by Crippen LogP contribution is 2.49. The van der Waals surface area contributed by atoms with Crippen molar-refractivity contribution < 1.29 is 23.5 Å². The molecule has 3 heterocycles. The van der Waals surface area contributed by atoms with Crippen LogP contribution in [-0.2, 0) is 9.59 Å². The van der Waals surface area contributed by atoms with Crippen molar-refractivity contribution in [2.45, 2.75) is 12.1 Å². The van der Waals surface area contributed by atoms with Gasteiger partial charge in [0.2, 0.25) is 11.8 Å². The van der Waals surface area contributed by atoms with E-state index in [1.54, 1.807) is 31.4 Å². The van der Waals surface area contributed by atoms with Crippen molar-refractivity contribution in [1.82, 2.24) is 0 Å². The van der Waals surface area contributed by atoms with E-state index in [1.807, 2.05) is 41.3 Å². The van der Waals surface area contributed by atoms with Gasteiger partial charge in [0.1, 0.15) is 17.6 Å². The van der Waals surface area contributed by atoms with Crippen LogP contribution in [-0.4, -0.2) is 36.8 Å². The van der Waals surface area contributed by atoms with Crippen molar-refractivity contribution in [3.8, 4) is 5.75 Å². The summed E-state index contributed by atoms with van der Waals surface area (Å²) in [5, 5.41) is 0. The number of benzene rings is 3. The van der Waals surface area contributed by atoms with Gasteiger partial charge in [0.25, 0.3) is 0 Å². The average Bonchev–Trinajstić information content (AvgIpc) is 3.37. The van der Waals surface area contributed by atoms with E-state index < -0.39 is 35.6 Å². The summed E-state index contributed by atoms with van der Waals surface area (Å²) in [7, 11) is 1.55. The molecule has 2 fully saturated rings. The summed E-state index contributed by atoms with van der Waals surface area (Å²) < 4.78 is 18.7. The molecule has 3 aliphatic heterocycles. The van der Waals surface area contributed by atoms with Crippen LogP contribution >= 0.6 is 0 Å². The van der Waals surface area contributed by atoms with Gasteiger partial charge in [-0.25, -0.2) is 9.29 Å². The lowest BCUT2D eigenvalue weighted by Crippen LogP contribution is -2.48. The number of anilines is 2. The summed E-state index contributed by atoms with van der Waals surface area (Å²) in [5.74, 6) is -2.51. The number of fused-ring (bicyclic) bond motifs is 5. The van der Waals surface area contributed by atoms with Crippen LogP contribution in [0.3, 0.4) is 0 Å². The van der Waals surface area contributed by atoms with E-state index in [0.29, 0.717) is 17.0 Å². The van der Waals surface area contributed by atoms with Crippen LogP contribution in [0.5, 0.6) is 5.75 Å². The quantitative estimate of drug-likeness (QED) is 0.426. The summed E-state index contributed by atoms with van der Waals surface area (Å²) in [6.07, 6.45) is 3.84. The van der Waals surface area contributed by atoms with Gasteiger partial charge in [-0.05, 0) is 60.2 Å². The molecule has 35 heavy (non-hydrogen) atoms. The first kappa shape index (κ1) is 21.3. The summed E-state index contributed by atoms with van der Waals surface area (Å²) in [4.78, 5) is 44.4. The monoisotopic (exact) mass is 468 g/mol. The second-order valence-electron chi connectivity index (χ2n) is 8.89. The van der Waals surface area contributed by atoms with Crippen molar-refractivity contribution in [3.63, 3.8) is 0 Å². The van der Waals surface area contributed by atoms with Gasteiger partial charge in [-0.1, -0.05) is 30.4 Å². The lowest BCUT2D eigenvalue weighted by Gasteiger charge is -2.36. The number of rotatable bonds is 4. The lowest BCUT2D eigenvalue weighted by atomic mass is 9.86. The average molecular weight is 468 g/mol. The van der Waals surface area contributed by atoms with Crippen molar-refractivity contribution in [3.05, 3.63) is 95.8 Å². The molecule has 0 saturated carbocycles. The van der Waals surface area contributed by atoms with Crippen LogP contribution < -0.4 is 14.5 Å². The predicted octanol–water partition coefficient (Wildman–Crippen LogP) is 4.11. The van der Waals surface area contributed by atoms with Crippen molar-refractivity contribution >= 4 is 35.0 Å². The molecule has 3 aliphatic rings. The second kappa shape index (κ2) is 7.91. The van der Waals surface area contributed by atoms with Gasteiger partial charge in [-0.2, -0.15) is 0 Å². The van der Waals surface area contributed by atoms with Gasteiger partial charge in [-0.3, -0.25) is 14.4 Å². The van der Waals surface area contributed by atoms with E-state index in [9.17, 15) is 18.8 Å². The molecule has 0 spiro atoms. The zero-order valence-corrected chi connectivity index (χ0v) is 18.8. The fourth-order valence-corrected chi connectivity index (χ4v) is 5.58. The first-order valence-electron chi connectivity index (χ1n) is 11.4. The molecular formula is C28H21FN2O4. The molecule has 174 valence electrons. The largest absolute Gasteiger partial charge is 0.497 e. The van der Waals surface area contributed by atoms with Crippen LogP contribution in [0.25, 0.3) is 6.08 Å². The van der Waals surface area contributed by atoms with Gasteiger partial charge in [0.15, 0.2) is 5.78 Å². The molecule has 6 rings (SSSR count). The maximum absolute atomic E-state index is 14.0. The fraction of sp³-hybridized carbons (Fsp3) is 0.179. The topological polar surface area (TPSA) is 66.9 Å². The van der Waals surface area contributed by atoms with Gasteiger partial charge in [-0.15, -0.1) is 0 Å². The maximum atomic E-state index is 14.0. The van der Waals surface area contributed by atoms with E-state index in [1.165, 1.54) is 24.3 Å². The molecule has 0 radical (unpaired) electrons. The molecular weight excluding hydrogens is 447 g/mol. The smallest absolute Gasteiger partial charge is 0.240 e. The van der Waals surface area contributed by atoms with Crippen molar-refractivity contribution in [2.24, 2.45) is 11.8 Å². The van der Waals surface area contributed by atoms with Gasteiger partial charge < -0.3 is 9.64 Å². The molecule has 7 heteroatoms. The normalized spacial score (nSPS) is 24.3. The molecule has 2 amide bonds. The van der Waals surface area contributed by atoms with E-state index in [0.717, 1.165) is 16.2 Å². The number of hydrogen-bond acceptors (Lipinski definition) is 5. The Hall–Kier alpha value is -4.26. The zero-order valence-electron chi connectivity index (χ0n) is 18.8. The fourth-order valence-electron chi connectivity index (χ4n) is 5.58. The van der Waals surface area contributed by atoms with Gasteiger partial charge >= 0.3 is 0 Å².